The van der Waals surface area contributed by atoms with Gasteiger partial charge in [0.05, 0.1) is 26.2 Å². The molecule has 4 nitrogen and oxygen atoms in total. The Balaban J connectivity index is 1.52. The second-order valence-corrected chi connectivity index (χ2v) is 8.11. The minimum atomic E-state index is -0.245. The Bertz CT molecular complexity index is 798. The number of hydrogen-bond donors (Lipinski definition) is 0. The molecule has 4 heteroatoms. The topological polar surface area (TPSA) is 29.5 Å². The number of amides is 1. The number of carbonyl (C=O) groups is 1. The number of fused-ring (bicyclic) bond motifs is 3. The maximum Gasteiger partial charge on any atom is 0.415 e. The molecule has 1 amide bonds. The summed E-state index contributed by atoms with van der Waals surface area (Å²) >= 11 is 0. The van der Waals surface area contributed by atoms with Crippen molar-refractivity contribution >= 4 is 11.8 Å². The van der Waals surface area contributed by atoms with Crippen molar-refractivity contribution in [2.24, 2.45) is 5.92 Å². The van der Waals surface area contributed by atoms with Crippen LogP contribution < -0.4 is 4.90 Å². The van der Waals surface area contributed by atoms with Crippen molar-refractivity contribution in [3.05, 3.63) is 78.9 Å². The van der Waals surface area contributed by atoms with Crippen LogP contribution in [0.2, 0.25) is 0 Å². The molecule has 3 saturated heterocycles. The number of anilines is 1. The van der Waals surface area contributed by atoms with Gasteiger partial charge in [-0.3, -0.25) is 4.90 Å². The molecule has 3 aliphatic heterocycles. The predicted octanol–water partition coefficient (Wildman–Crippen LogP) is 4.62. The molecule has 2 aromatic carbocycles. The first-order valence-electron chi connectivity index (χ1n) is 10.2. The summed E-state index contributed by atoms with van der Waals surface area (Å²) in [6.45, 7) is 8.68. The average Bonchev–Trinajstić information content (AvgIpc) is 2.74. The summed E-state index contributed by atoms with van der Waals surface area (Å²) in [5, 5.41) is 0. The summed E-state index contributed by atoms with van der Waals surface area (Å²) in [5.74, 6) is 0.489. The second kappa shape index (κ2) is 8.19. The number of piperidine rings is 3. The minimum Gasteiger partial charge on any atom is -0.440 e. The van der Waals surface area contributed by atoms with Crippen molar-refractivity contribution in [1.82, 2.24) is 0 Å². The van der Waals surface area contributed by atoms with Gasteiger partial charge < -0.3 is 9.22 Å². The lowest BCUT2D eigenvalue weighted by atomic mass is 9.83. The van der Waals surface area contributed by atoms with Gasteiger partial charge in [0.2, 0.25) is 0 Å². The van der Waals surface area contributed by atoms with Crippen LogP contribution in [0.3, 0.4) is 0 Å². The van der Waals surface area contributed by atoms with E-state index in [9.17, 15) is 4.79 Å². The highest BCUT2D eigenvalue weighted by Gasteiger charge is 2.47. The summed E-state index contributed by atoms with van der Waals surface area (Å²) < 4.78 is 7.14. The van der Waals surface area contributed by atoms with E-state index in [4.69, 9.17) is 4.74 Å². The molecular weight excluding hydrogens is 348 g/mol. The molecular formula is C24H29N2O2+. The molecule has 3 fully saturated rings. The first-order valence-corrected chi connectivity index (χ1v) is 10.2. The van der Waals surface area contributed by atoms with E-state index >= 15 is 0 Å². The molecule has 146 valence electrons. The summed E-state index contributed by atoms with van der Waals surface area (Å²) in [6.07, 6.45) is 4.03. The zero-order valence-corrected chi connectivity index (χ0v) is 16.4. The van der Waals surface area contributed by atoms with Crippen LogP contribution in [0.4, 0.5) is 10.5 Å². The van der Waals surface area contributed by atoms with Crippen LogP contribution in [-0.4, -0.2) is 42.9 Å². The molecule has 0 unspecified atom stereocenters. The van der Waals surface area contributed by atoms with Gasteiger partial charge in [-0.15, -0.1) is 0 Å². The molecule has 0 radical (unpaired) electrons. The molecule has 3 aliphatic rings. The van der Waals surface area contributed by atoms with Crippen LogP contribution in [0.15, 0.2) is 73.3 Å². The monoisotopic (exact) mass is 377 g/mol. The standard InChI is InChI=1S/C24H29N2O2/c1-2-15-26-16-13-21(14-17-26)23(19-26)28-24(27)25(22-11-7-4-8-12-22)18-20-9-5-3-6-10-20/h2-12,21,23H,1,13-19H2/q+1/t21?,23-,26?/m0/s1. The zero-order chi connectivity index (χ0) is 19.4. The van der Waals surface area contributed by atoms with Gasteiger partial charge in [0.15, 0.2) is 6.10 Å². The highest BCUT2D eigenvalue weighted by molar-refractivity contribution is 5.87. The Hall–Kier alpha value is -2.59. The number of quaternary nitrogens is 1. The Morgan fingerprint density at radius 3 is 2.36 bits per heavy atom. The Morgan fingerprint density at radius 2 is 1.71 bits per heavy atom. The molecule has 0 saturated carbocycles. The van der Waals surface area contributed by atoms with E-state index in [1.54, 1.807) is 4.90 Å². The van der Waals surface area contributed by atoms with Crippen molar-refractivity contribution in [2.75, 3.05) is 31.1 Å². The molecule has 0 aromatic heterocycles. The van der Waals surface area contributed by atoms with E-state index in [2.05, 4.69) is 6.58 Å². The van der Waals surface area contributed by atoms with Gasteiger partial charge in [-0.05, 0) is 23.8 Å². The van der Waals surface area contributed by atoms with E-state index in [-0.39, 0.29) is 12.2 Å². The summed E-state index contributed by atoms with van der Waals surface area (Å²) in [5.41, 5.74) is 1.96. The molecule has 0 N–H and O–H groups in total. The van der Waals surface area contributed by atoms with Gasteiger partial charge in [-0.2, -0.15) is 0 Å². The maximum atomic E-state index is 13.2. The van der Waals surface area contributed by atoms with Gasteiger partial charge in [0.25, 0.3) is 0 Å². The van der Waals surface area contributed by atoms with Crippen molar-refractivity contribution in [1.29, 1.82) is 0 Å². The fraction of sp³-hybridized carbons (Fsp3) is 0.375. The molecule has 5 rings (SSSR count). The number of para-hydroxylation sites is 1. The van der Waals surface area contributed by atoms with Gasteiger partial charge in [0.1, 0.15) is 6.54 Å². The van der Waals surface area contributed by atoms with Crippen molar-refractivity contribution in [2.45, 2.75) is 25.5 Å². The van der Waals surface area contributed by atoms with Gasteiger partial charge >= 0.3 is 6.09 Å². The number of benzene rings is 2. The summed E-state index contributed by atoms with van der Waals surface area (Å²) in [4.78, 5) is 15.0. The zero-order valence-electron chi connectivity index (χ0n) is 16.4. The third kappa shape index (κ3) is 3.97. The Kier molecular flexibility index (Phi) is 5.49. The minimum absolute atomic E-state index is 0.00284. The fourth-order valence-corrected chi connectivity index (χ4v) is 4.71. The normalized spacial score (nSPS) is 25.9. The van der Waals surface area contributed by atoms with E-state index in [0.29, 0.717) is 12.5 Å². The highest BCUT2D eigenvalue weighted by Crippen LogP contribution is 2.36. The number of rotatable bonds is 6. The largest absolute Gasteiger partial charge is 0.440 e. The van der Waals surface area contributed by atoms with E-state index in [0.717, 1.165) is 41.7 Å². The first kappa shape index (κ1) is 18.8. The van der Waals surface area contributed by atoms with Gasteiger partial charge in [-0.1, -0.05) is 55.1 Å². The van der Waals surface area contributed by atoms with Crippen molar-refractivity contribution in [3.63, 3.8) is 0 Å². The van der Waals surface area contributed by atoms with Crippen LogP contribution in [0, 0.1) is 5.92 Å². The molecule has 3 heterocycles. The Labute approximate surface area is 167 Å². The van der Waals surface area contributed by atoms with E-state index in [1.807, 2.05) is 66.7 Å². The summed E-state index contributed by atoms with van der Waals surface area (Å²) in [7, 11) is 0. The molecule has 2 aromatic rings. The summed E-state index contributed by atoms with van der Waals surface area (Å²) in [6, 6.07) is 19.9. The highest BCUT2D eigenvalue weighted by atomic mass is 16.6. The molecule has 0 aliphatic carbocycles. The van der Waals surface area contributed by atoms with Crippen LogP contribution in [0.1, 0.15) is 18.4 Å². The predicted molar refractivity (Wildman–Crippen MR) is 112 cm³/mol. The van der Waals surface area contributed by atoms with E-state index in [1.165, 1.54) is 13.1 Å². The van der Waals surface area contributed by atoms with Crippen molar-refractivity contribution in [3.8, 4) is 0 Å². The second-order valence-electron chi connectivity index (χ2n) is 8.11. The lowest BCUT2D eigenvalue weighted by Gasteiger charge is -2.51. The number of nitrogens with zero attached hydrogens (tertiary/aromatic N) is 2. The number of carbonyl (C=O) groups excluding carboxylic acids is 1. The quantitative estimate of drug-likeness (QED) is 0.543. The fourth-order valence-electron chi connectivity index (χ4n) is 4.71. The lowest BCUT2D eigenvalue weighted by Crippen LogP contribution is -2.64. The molecule has 0 spiro atoms. The van der Waals surface area contributed by atoms with Gasteiger partial charge in [-0.25, -0.2) is 4.79 Å². The average molecular weight is 378 g/mol. The smallest absolute Gasteiger partial charge is 0.415 e. The van der Waals surface area contributed by atoms with Crippen LogP contribution in [0.5, 0.6) is 0 Å². The lowest BCUT2D eigenvalue weighted by molar-refractivity contribution is -0.941. The number of ether oxygens (including phenoxy) is 1. The third-order valence-electron chi connectivity index (χ3n) is 6.28. The number of hydrogen-bond acceptors (Lipinski definition) is 2. The third-order valence-corrected chi connectivity index (χ3v) is 6.28. The van der Waals surface area contributed by atoms with Crippen LogP contribution in [0.25, 0.3) is 0 Å². The maximum absolute atomic E-state index is 13.2. The van der Waals surface area contributed by atoms with Gasteiger partial charge in [0, 0.05) is 24.4 Å². The molecule has 1 atom stereocenters. The van der Waals surface area contributed by atoms with E-state index < -0.39 is 0 Å². The molecule has 28 heavy (non-hydrogen) atoms. The van der Waals surface area contributed by atoms with Crippen molar-refractivity contribution < 1.29 is 14.0 Å². The SMILES string of the molecule is C=CC[N+]12CCC(CC1)[C@@H](OC(=O)N(Cc1ccccc1)c1ccccc1)C2. The van der Waals surface area contributed by atoms with Crippen LogP contribution >= 0.6 is 0 Å². The first-order chi connectivity index (χ1) is 13.7. The van der Waals surface area contributed by atoms with Crippen LogP contribution in [-0.2, 0) is 11.3 Å². The molecule has 2 bridgehead atoms. The Morgan fingerprint density at radius 1 is 1.07 bits per heavy atom.